The average molecular weight is 539 g/mol. The zero-order valence-electron chi connectivity index (χ0n) is 22.1. The topological polar surface area (TPSA) is 75.9 Å². The van der Waals surface area contributed by atoms with Gasteiger partial charge in [0.2, 0.25) is 0 Å². The molecular formula is C28H29F3N6O2. The van der Waals surface area contributed by atoms with Crippen molar-refractivity contribution in [2.24, 2.45) is 0 Å². The summed E-state index contributed by atoms with van der Waals surface area (Å²) in [6.07, 6.45) is -1.77. The van der Waals surface area contributed by atoms with Gasteiger partial charge in [0, 0.05) is 49.0 Å². The molecule has 2 atom stereocenters. The summed E-state index contributed by atoms with van der Waals surface area (Å²) in [5.74, 6) is 0.173. The fourth-order valence-corrected chi connectivity index (χ4v) is 5.19. The summed E-state index contributed by atoms with van der Waals surface area (Å²) in [6, 6.07) is 12.3. The van der Waals surface area contributed by atoms with Gasteiger partial charge in [-0.2, -0.15) is 18.3 Å². The molecule has 0 N–H and O–H groups in total. The van der Waals surface area contributed by atoms with Crippen LogP contribution in [0, 0.1) is 6.92 Å². The lowest BCUT2D eigenvalue weighted by molar-refractivity contribution is -0.143. The van der Waals surface area contributed by atoms with E-state index in [1.165, 1.54) is 20.2 Å². The van der Waals surface area contributed by atoms with Gasteiger partial charge < -0.3 is 9.64 Å². The SMILES string of the molecule is COc1ccc(-c2nc3c(C(=O)N4CCN([C@@H](C)c5ccccn5)C[C@H]4C)cnn3c(C(F)(F)F)c2C)cc1. The minimum atomic E-state index is -4.71. The largest absolute Gasteiger partial charge is 0.497 e. The molecule has 5 rings (SSSR count). The smallest absolute Gasteiger partial charge is 0.433 e. The second-order valence-electron chi connectivity index (χ2n) is 9.73. The Morgan fingerprint density at radius 2 is 1.87 bits per heavy atom. The van der Waals surface area contributed by atoms with E-state index in [2.05, 4.69) is 26.9 Å². The third-order valence-electron chi connectivity index (χ3n) is 7.33. The predicted octanol–water partition coefficient (Wildman–Crippen LogP) is 5.03. The van der Waals surface area contributed by atoms with Crippen molar-refractivity contribution in [3.63, 3.8) is 0 Å². The number of methoxy groups -OCH3 is 1. The number of alkyl halides is 3. The second kappa shape index (κ2) is 10.3. The molecule has 1 aliphatic heterocycles. The number of amides is 1. The van der Waals surface area contributed by atoms with Crippen molar-refractivity contribution in [3.05, 3.63) is 77.4 Å². The molecule has 0 aliphatic carbocycles. The van der Waals surface area contributed by atoms with Gasteiger partial charge in [-0.1, -0.05) is 6.07 Å². The maximum Gasteiger partial charge on any atom is 0.433 e. The van der Waals surface area contributed by atoms with Crippen molar-refractivity contribution in [2.45, 2.75) is 39.0 Å². The van der Waals surface area contributed by atoms with Gasteiger partial charge in [0.15, 0.2) is 11.3 Å². The van der Waals surface area contributed by atoms with Crippen LogP contribution in [0.4, 0.5) is 13.2 Å². The van der Waals surface area contributed by atoms with E-state index in [4.69, 9.17) is 4.74 Å². The molecule has 204 valence electrons. The molecule has 39 heavy (non-hydrogen) atoms. The number of hydrogen-bond acceptors (Lipinski definition) is 6. The molecular weight excluding hydrogens is 509 g/mol. The fraction of sp³-hybridized carbons (Fsp3) is 0.357. The zero-order valence-corrected chi connectivity index (χ0v) is 22.1. The molecule has 0 unspecified atom stereocenters. The Morgan fingerprint density at radius 1 is 1.13 bits per heavy atom. The van der Waals surface area contributed by atoms with Crippen LogP contribution in [0.2, 0.25) is 0 Å². The van der Waals surface area contributed by atoms with Crippen LogP contribution in [0.5, 0.6) is 5.75 Å². The van der Waals surface area contributed by atoms with E-state index in [1.807, 2.05) is 25.1 Å². The average Bonchev–Trinajstić information content (AvgIpc) is 3.34. The van der Waals surface area contributed by atoms with Gasteiger partial charge in [0.1, 0.15) is 11.3 Å². The molecule has 4 aromatic rings. The van der Waals surface area contributed by atoms with Gasteiger partial charge in [-0.15, -0.1) is 0 Å². The molecule has 0 saturated carbocycles. The monoisotopic (exact) mass is 538 g/mol. The Hall–Kier alpha value is -3.99. The fourth-order valence-electron chi connectivity index (χ4n) is 5.19. The van der Waals surface area contributed by atoms with Gasteiger partial charge in [0.25, 0.3) is 5.91 Å². The first-order valence-electron chi connectivity index (χ1n) is 12.7. The molecule has 0 spiro atoms. The summed E-state index contributed by atoms with van der Waals surface area (Å²) in [6.45, 7) is 6.98. The van der Waals surface area contributed by atoms with E-state index in [9.17, 15) is 18.0 Å². The van der Waals surface area contributed by atoms with Crippen molar-refractivity contribution < 1.29 is 22.7 Å². The molecule has 11 heteroatoms. The van der Waals surface area contributed by atoms with Gasteiger partial charge in [-0.25, -0.2) is 9.50 Å². The number of ether oxygens (including phenoxy) is 1. The molecule has 0 bridgehead atoms. The third-order valence-corrected chi connectivity index (χ3v) is 7.33. The van der Waals surface area contributed by atoms with E-state index in [1.54, 1.807) is 35.4 Å². The van der Waals surface area contributed by atoms with Gasteiger partial charge in [-0.05, 0) is 57.2 Å². The highest BCUT2D eigenvalue weighted by Gasteiger charge is 2.39. The van der Waals surface area contributed by atoms with E-state index in [0.29, 0.717) is 30.9 Å². The number of halogens is 3. The Kier molecular flexibility index (Phi) is 7.02. The highest BCUT2D eigenvalue weighted by molar-refractivity contribution is 6.00. The molecule has 1 aliphatic rings. The first-order chi connectivity index (χ1) is 18.6. The number of rotatable bonds is 5. The minimum absolute atomic E-state index is 0.0355. The second-order valence-corrected chi connectivity index (χ2v) is 9.73. The Labute approximate surface area is 224 Å². The van der Waals surface area contributed by atoms with Crippen LogP contribution < -0.4 is 4.74 Å². The summed E-state index contributed by atoms with van der Waals surface area (Å²) in [4.78, 5) is 26.6. The number of pyridine rings is 1. The Morgan fingerprint density at radius 3 is 2.49 bits per heavy atom. The summed E-state index contributed by atoms with van der Waals surface area (Å²) in [5.41, 5.74) is 0.429. The number of aromatic nitrogens is 4. The summed E-state index contributed by atoms with van der Waals surface area (Å²) in [5, 5.41) is 3.98. The van der Waals surface area contributed by atoms with Crippen molar-refractivity contribution in [3.8, 4) is 17.0 Å². The highest BCUT2D eigenvalue weighted by Crippen LogP contribution is 2.37. The number of carbonyl (C=O) groups is 1. The number of benzene rings is 1. The van der Waals surface area contributed by atoms with Gasteiger partial charge in [0.05, 0.1) is 24.7 Å². The van der Waals surface area contributed by atoms with Crippen molar-refractivity contribution >= 4 is 11.6 Å². The molecule has 3 aromatic heterocycles. The molecule has 0 radical (unpaired) electrons. The third kappa shape index (κ3) is 4.94. The van der Waals surface area contributed by atoms with Crippen LogP contribution in [0.3, 0.4) is 0 Å². The maximum absolute atomic E-state index is 14.3. The number of piperazine rings is 1. The predicted molar refractivity (Wildman–Crippen MR) is 139 cm³/mol. The van der Waals surface area contributed by atoms with E-state index in [-0.39, 0.29) is 34.6 Å². The molecule has 1 fully saturated rings. The molecule has 1 aromatic carbocycles. The summed E-state index contributed by atoms with van der Waals surface area (Å²) in [7, 11) is 1.51. The standard InChI is InChI=1S/C28H29F3N6O2/c1-17-16-35(19(3)23-7-5-6-12-32-23)13-14-36(17)27(38)22-15-33-37-25(28(29,30)31)18(2)24(34-26(22)37)20-8-10-21(39-4)11-9-20/h5-12,15,17,19H,13-14,16H2,1-4H3/t17-,19+/m1/s1. The number of carbonyl (C=O) groups excluding carboxylic acids is 1. The van der Waals surface area contributed by atoms with Crippen LogP contribution in [-0.2, 0) is 6.18 Å². The summed E-state index contributed by atoms with van der Waals surface area (Å²) < 4.78 is 48.7. The van der Waals surface area contributed by atoms with Crippen LogP contribution in [0.25, 0.3) is 16.9 Å². The summed E-state index contributed by atoms with van der Waals surface area (Å²) >= 11 is 0. The van der Waals surface area contributed by atoms with Crippen molar-refractivity contribution in [2.75, 3.05) is 26.7 Å². The Balaban J connectivity index is 1.50. The minimum Gasteiger partial charge on any atom is -0.497 e. The normalized spacial score (nSPS) is 17.4. The molecule has 4 heterocycles. The number of nitrogens with zero attached hydrogens (tertiary/aromatic N) is 6. The van der Waals surface area contributed by atoms with Crippen molar-refractivity contribution in [1.29, 1.82) is 0 Å². The quantitative estimate of drug-likeness (QED) is 0.355. The molecule has 1 saturated heterocycles. The lowest BCUT2D eigenvalue weighted by Crippen LogP contribution is -2.54. The van der Waals surface area contributed by atoms with E-state index < -0.39 is 17.8 Å². The number of fused-ring (bicyclic) bond motifs is 1. The van der Waals surface area contributed by atoms with Crippen LogP contribution >= 0.6 is 0 Å². The number of hydrogen-bond donors (Lipinski definition) is 0. The Bertz CT molecular complexity index is 1490. The zero-order chi connectivity index (χ0) is 27.9. The lowest BCUT2D eigenvalue weighted by atomic mass is 10.0. The highest BCUT2D eigenvalue weighted by atomic mass is 19.4. The van der Waals surface area contributed by atoms with Gasteiger partial charge in [-0.3, -0.25) is 14.7 Å². The molecule has 1 amide bonds. The molecule has 8 nitrogen and oxygen atoms in total. The lowest BCUT2D eigenvalue weighted by Gasteiger charge is -2.42. The maximum atomic E-state index is 14.3. The van der Waals surface area contributed by atoms with Crippen molar-refractivity contribution in [1.82, 2.24) is 29.4 Å². The van der Waals surface area contributed by atoms with E-state index >= 15 is 0 Å². The van der Waals surface area contributed by atoms with Gasteiger partial charge >= 0.3 is 6.18 Å². The van der Waals surface area contributed by atoms with Crippen LogP contribution in [0.1, 0.15) is 47.2 Å². The first-order valence-corrected chi connectivity index (χ1v) is 12.7. The van der Waals surface area contributed by atoms with E-state index in [0.717, 1.165) is 10.2 Å². The van der Waals surface area contributed by atoms with Crippen LogP contribution in [-0.4, -0.2) is 68.1 Å². The van der Waals surface area contributed by atoms with Crippen LogP contribution in [0.15, 0.2) is 54.9 Å². The first kappa shape index (κ1) is 26.6.